The normalized spacial score (nSPS) is 20.5. The number of nitrogens with zero attached hydrogens (tertiary/aromatic N) is 2. The minimum absolute atomic E-state index is 0.0736. The van der Waals surface area contributed by atoms with E-state index in [1.165, 1.54) is 0 Å². The summed E-state index contributed by atoms with van der Waals surface area (Å²) in [6.45, 7) is 8.26. The number of carbonyl (C=O) groups excluding carboxylic acids is 2. The molecule has 0 radical (unpaired) electrons. The van der Waals surface area contributed by atoms with Crippen LogP contribution in [-0.2, 0) is 16.0 Å². The average Bonchev–Trinajstić information content (AvgIpc) is 3.28. The number of aliphatic hydroxyl groups is 1. The highest BCUT2D eigenvalue weighted by Gasteiger charge is 2.32. The maximum Gasteiger partial charge on any atom is 0.256 e. The number of hydrogen-bond donors (Lipinski definition) is 3. The summed E-state index contributed by atoms with van der Waals surface area (Å²) in [5.74, 6) is -0.233. The number of aliphatic hydroxyl groups excluding tert-OH is 1. The maximum absolute atomic E-state index is 13.3. The summed E-state index contributed by atoms with van der Waals surface area (Å²) in [6.07, 6.45) is 1.92. The molecule has 9 heteroatoms. The van der Waals surface area contributed by atoms with Gasteiger partial charge in [0.25, 0.3) is 11.8 Å². The molecule has 0 unspecified atom stereocenters. The van der Waals surface area contributed by atoms with E-state index in [1.54, 1.807) is 4.90 Å². The lowest BCUT2D eigenvalue weighted by Crippen LogP contribution is -2.47. The van der Waals surface area contributed by atoms with E-state index in [0.29, 0.717) is 50.4 Å². The quantitative estimate of drug-likeness (QED) is 0.518. The highest BCUT2D eigenvalue weighted by molar-refractivity contribution is 9.10. The van der Waals surface area contributed by atoms with E-state index in [4.69, 9.17) is 4.74 Å². The van der Waals surface area contributed by atoms with Gasteiger partial charge in [-0.15, -0.1) is 0 Å². The Morgan fingerprint density at radius 2 is 1.94 bits per heavy atom. The second-order valence-electron chi connectivity index (χ2n) is 9.27. The topological polar surface area (TPSA) is 97.9 Å². The lowest BCUT2D eigenvalue weighted by Gasteiger charge is -2.32. The molecule has 1 aromatic heterocycles. The summed E-state index contributed by atoms with van der Waals surface area (Å²) in [5, 5.41) is 13.5. The minimum Gasteiger partial charge on any atom is -0.390 e. The van der Waals surface area contributed by atoms with Crippen molar-refractivity contribution in [3.63, 3.8) is 0 Å². The number of amides is 2. The van der Waals surface area contributed by atoms with Gasteiger partial charge >= 0.3 is 0 Å². The number of rotatable bonds is 5. The molecule has 8 nitrogen and oxygen atoms in total. The first-order chi connectivity index (χ1) is 16.3. The molecule has 4 heterocycles. The Morgan fingerprint density at radius 1 is 1.18 bits per heavy atom. The van der Waals surface area contributed by atoms with Crippen LogP contribution >= 0.6 is 15.9 Å². The van der Waals surface area contributed by atoms with Crippen molar-refractivity contribution in [2.45, 2.75) is 26.4 Å². The van der Waals surface area contributed by atoms with Crippen LogP contribution in [0.2, 0.25) is 0 Å². The van der Waals surface area contributed by atoms with Gasteiger partial charge in [0, 0.05) is 60.6 Å². The van der Waals surface area contributed by atoms with Gasteiger partial charge in [0.2, 0.25) is 0 Å². The van der Waals surface area contributed by atoms with Crippen molar-refractivity contribution in [1.29, 1.82) is 0 Å². The Bertz CT molecular complexity index is 1180. The first-order valence-corrected chi connectivity index (χ1v) is 12.4. The predicted molar refractivity (Wildman–Crippen MR) is 134 cm³/mol. The number of β-amino-alcohol motifs (C(OH)–C–C–N with tert-alkyl or cyclic N) is 1. The predicted octanol–water partition coefficient (Wildman–Crippen LogP) is 2.58. The second kappa shape index (κ2) is 9.30. The third-order valence-corrected chi connectivity index (χ3v) is 7.42. The van der Waals surface area contributed by atoms with Crippen molar-refractivity contribution in [1.82, 2.24) is 14.8 Å². The third kappa shape index (κ3) is 4.33. The lowest BCUT2D eigenvalue weighted by molar-refractivity contribution is -0.110. The largest absolute Gasteiger partial charge is 0.390 e. The summed E-state index contributed by atoms with van der Waals surface area (Å²) < 4.78 is 6.21. The number of aryl methyl sites for hydroxylation is 1. The molecule has 3 N–H and O–H groups in total. The Morgan fingerprint density at radius 3 is 2.71 bits per heavy atom. The number of carbonyl (C=O) groups is 2. The van der Waals surface area contributed by atoms with Gasteiger partial charge in [-0.3, -0.25) is 14.5 Å². The first-order valence-electron chi connectivity index (χ1n) is 11.6. The number of nitrogens with one attached hydrogen (secondary N) is 2. The fourth-order valence-corrected chi connectivity index (χ4v) is 5.72. The van der Waals surface area contributed by atoms with Crippen LogP contribution in [0.4, 0.5) is 5.69 Å². The number of fused-ring (bicyclic) bond motifs is 2. The number of benzene rings is 1. The van der Waals surface area contributed by atoms with E-state index in [9.17, 15) is 14.7 Å². The zero-order valence-electron chi connectivity index (χ0n) is 19.4. The minimum atomic E-state index is -0.607. The number of halogens is 1. The van der Waals surface area contributed by atoms with Gasteiger partial charge in [-0.2, -0.15) is 0 Å². The monoisotopic (exact) mass is 528 g/mol. The van der Waals surface area contributed by atoms with Crippen LogP contribution in [0.3, 0.4) is 0 Å². The number of anilines is 1. The van der Waals surface area contributed by atoms with Crippen molar-refractivity contribution >= 4 is 45.1 Å². The van der Waals surface area contributed by atoms with Gasteiger partial charge in [-0.05, 0) is 59.1 Å². The number of aromatic amines is 1. The zero-order valence-corrected chi connectivity index (χ0v) is 21.0. The van der Waals surface area contributed by atoms with Crippen molar-refractivity contribution in [3.05, 3.63) is 50.2 Å². The van der Waals surface area contributed by atoms with Gasteiger partial charge in [0.05, 0.1) is 36.1 Å². The SMILES string of the molecule is Cc1cc(Br)c2c(c1)/C(=C/c1[nH]c3c(c1C)C(=O)N(C[C@H](O)CN1CCOCC1)CC3)C(=O)N2. The number of ether oxygens (including phenoxy) is 1. The summed E-state index contributed by atoms with van der Waals surface area (Å²) in [4.78, 5) is 33.3. The molecule has 0 saturated carbocycles. The van der Waals surface area contributed by atoms with Gasteiger partial charge in [0.15, 0.2) is 0 Å². The van der Waals surface area contributed by atoms with Crippen LogP contribution in [0, 0.1) is 13.8 Å². The van der Waals surface area contributed by atoms with Gasteiger partial charge in [-0.25, -0.2) is 0 Å². The van der Waals surface area contributed by atoms with Crippen LogP contribution in [-0.4, -0.2) is 83.7 Å². The molecule has 0 aliphatic carbocycles. The Kier molecular flexibility index (Phi) is 6.37. The molecular formula is C25H29BrN4O4. The highest BCUT2D eigenvalue weighted by atomic mass is 79.9. The average molecular weight is 529 g/mol. The van der Waals surface area contributed by atoms with Gasteiger partial charge in [-0.1, -0.05) is 0 Å². The molecule has 3 aliphatic rings. The second-order valence-corrected chi connectivity index (χ2v) is 10.1. The van der Waals surface area contributed by atoms with Crippen LogP contribution < -0.4 is 5.32 Å². The lowest BCUT2D eigenvalue weighted by atomic mass is 10.00. The molecule has 180 valence electrons. The van der Waals surface area contributed by atoms with E-state index in [-0.39, 0.29) is 11.8 Å². The van der Waals surface area contributed by atoms with Gasteiger partial charge in [0.1, 0.15) is 0 Å². The summed E-state index contributed by atoms with van der Waals surface area (Å²) in [7, 11) is 0. The fourth-order valence-electron chi connectivity index (χ4n) is 5.05. The molecule has 1 atom stereocenters. The van der Waals surface area contributed by atoms with Crippen molar-refractivity contribution in [2.24, 2.45) is 0 Å². The molecule has 3 aliphatic heterocycles. The molecule has 2 amide bonds. The number of hydrogen-bond acceptors (Lipinski definition) is 5. The zero-order chi connectivity index (χ0) is 24.0. The van der Waals surface area contributed by atoms with Crippen LogP contribution in [0.25, 0.3) is 11.6 Å². The summed E-state index contributed by atoms with van der Waals surface area (Å²) in [6, 6.07) is 3.96. The van der Waals surface area contributed by atoms with Crippen LogP contribution in [0.1, 0.15) is 38.4 Å². The third-order valence-electron chi connectivity index (χ3n) is 6.80. The molecule has 1 fully saturated rings. The molecular weight excluding hydrogens is 500 g/mol. The number of aromatic nitrogens is 1. The molecule has 0 bridgehead atoms. The maximum atomic E-state index is 13.3. The standard InChI is InChI=1S/C25H29BrN4O4/c1-14-9-17-18(24(32)28-23(17)19(26)10-14)11-21-15(2)22-20(27-21)3-4-30(25(22)33)13-16(31)12-29-5-7-34-8-6-29/h9-11,16,27,31H,3-8,12-13H2,1-2H3,(H,28,32)/b18-11-/t16-/m1/s1. The van der Waals surface area contributed by atoms with E-state index in [1.807, 2.05) is 32.1 Å². The van der Waals surface area contributed by atoms with Crippen LogP contribution in [0.5, 0.6) is 0 Å². The Balaban J connectivity index is 1.37. The van der Waals surface area contributed by atoms with E-state index >= 15 is 0 Å². The highest BCUT2D eigenvalue weighted by Crippen LogP contribution is 2.39. The van der Waals surface area contributed by atoms with E-state index in [0.717, 1.165) is 51.3 Å². The smallest absolute Gasteiger partial charge is 0.256 e. The van der Waals surface area contributed by atoms with Crippen LogP contribution in [0.15, 0.2) is 16.6 Å². The molecule has 34 heavy (non-hydrogen) atoms. The van der Waals surface area contributed by atoms with Crippen molar-refractivity contribution in [3.8, 4) is 0 Å². The van der Waals surface area contributed by atoms with Crippen molar-refractivity contribution < 1.29 is 19.4 Å². The Labute approximate surface area is 207 Å². The molecule has 1 aromatic carbocycles. The molecule has 5 rings (SSSR count). The molecule has 0 spiro atoms. The Hall–Kier alpha value is -2.46. The van der Waals surface area contributed by atoms with Crippen molar-refractivity contribution in [2.75, 3.05) is 51.3 Å². The number of morpholine rings is 1. The number of H-pyrrole nitrogens is 1. The summed E-state index contributed by atoms with van der Waals surface area (Å²) in [5.41, 5.74) is 6.38. The summed E-state index contributed by atoms with van der Waals surface area (Å²) >= 11 is 3.54. The first kappa shape index (κ1) is 23.3. The molecule has 1 saturated heterocycles. The van der Waals surface area contributed by atoms with Gasteiger partial charge < -0.3 is 25.0 Å². The van der Waals surface area contributed by atoms with E-state index < -0.39 is 6.10 Å². The van der Waals surface area contributed by atoms with E-state index in [2.05, 4.69) is 31.1 Å². The molecule has 2 aromatic rings. The fraction of sp³-hybridized carbons (Fsp3) is 0.440.